The van der Waals surface area contributed by atoms with Gasteiger partial charge in [-0.15, -0.1) is 0 Å². The Kier molecular flexibility index (Phi) is 4.36. The van der Waals surface area contributed by atoms with Crippen molar-refractivity contribution in [2.24, 2.45) is 0 Å². The van der Waals surface area contributed by atoms with Crippen LogP contribution in [0.3, 0.4) is 0 Å². The third kappa shape index (κ3) is 3.44. The maximum absolute atomic E-state index is 9.09. The lowest BCUT2D eigenvalue weighted by Crippen LogP contribution is -2.21. The number of hydrogen-bond donors (Lipinski definition) is 2. The van der Waals surface area contributed by atoms with Gasteiger partial charge in [0.2, 0.25) is 0 Å². The van der Waals surface area contributed by atoms with Gasteiger partial charge in [0.15, 0.2) is 0 Å². The molecule has 0 radical (unpaired) electrons. The zero-order valence-electron chi connectivity index (χ0n) is 9.67. The fourth-order valence-electron chi connectivity index (χ4n) is 1.84. The number of aliphatic hydroxyl groups is 1. The van der Waals surface area contributed by atoms with Crippen LogP contribution in [0.15, 0.2) is 53.1 Å². The second-order valence-corrected chi connectivity index (χ2v) is 3.94. The Morgan fingerprint density at radius 2 is 1.94 bits per heavy atom. The van der Waals surface area contributed by atoms with Crippen molar-refractivity contribution in [2.75, 3.05) is 6.61 Å². The quantitative estimate of drug-likeness (QED) is 0.803. The van der Waals surface area contributed by atoms with Crippen molar-refractivity contribution in [3.63, 3.8) is 0 Å². The molecular weight excluding hydrogens is 214 g/mol. The van der Waals surface area contributed by atoms with Gasteiger partial charge in [0.25, 0.3) is 0 Å². The van der Waals surface area contributed by atoms with E-state index in [9.17, 15) is 0 Å². The number of rotatable bonds is 6. The molecule has 0 aliphatic rings. The topological polar surface area (TPSA) is 45.4 Å². The first-order valence-electron chi connectivity index (χ1n) is 5.81. The van der Waals surface area contributed by atoms with Gasteiger partial charge >= 0.3 is 0 Å². The van der Waals surface area contributed by atoms with Gasteiger partial charge in [0, 0.05) is 12.6 Å². The number of benzene rings is 1. The van der Waals surface area contributed by atoms with Gasteiger partial charge in [0.05, 0.1) is 12.8 Å². The summed E-state index contributed by atoms with van der Waals surface area (Å²) in [4.78, 5) is 0. The first kappa shape index (κ1) is 11.9. The van der Waals surface area contributed by atoms with Crippen molar-refractivity contribution in [2.45, 2.75) is 19.0 Å². The van der Waals surface area contributed by atoms with Crippen molar-refractivity contribution in [3.05, 3.63) is 60.1 Å². The molecule has 17 heavy (non-hydrogen) atoms. The molecule has 1 aromatic carbocycles. The monoisotopic (exact) mass is 231 g/mol. The Bertz CT molecular complexity index is 411. The van der Waals surface area contributed by atoms with Crippen LogP contribution in [-0.2, 0) is 6.54 Å². The predicted molar refractivity (Wildman–Crippen MR) is 66.4 cm³/mol. The maximum Gasteiger partial charge on any atom is 0.117 e. The van der Waals surface area contributed by atoms with Crippen molar-refractivity contribution < 1.29 is 9.52 Å². The first-order valence-corrected chi connectivity index (χ1v) is 5.81. The van der Waals surface area contributed by atoms with Gasteiger partial charge in [-0.3, -0.25) is 0 Å². The molecule has 1 heterocycles. The van der Waals surface area contributed by atoms with Gasteiger partial charge in [-0.1, -0.05) is 30.3 Å². The molecule has 0 aliphatic carbocycles. The lowest BCUT2D eigenvalue weighted by Gasteiger charge is -2.17. The van der Waals surface area contributed by atoms with Crippen LogP contribution in [-0.4, -0.2) is 11.7 Å². The Hall–Kier alpha value is -1.58. The summed E-state index contributed by atoms with van der Waals surface area (Å²) in [6.45, 7) is 0.845. The van der Waals surface area contributed by atoms with E-state index in [4.69, 9.17) is 9.52 Å². The molecule has 0 fully saturated rings. The molecule has 0 saturated heterocycles. The summed E-state index contributed by atoms with van der Waals surface area (Å²) in [5.41, 5.74) is 1.19. The number of furan rings is 1. The number of aliphatic hydroxyl groups excluding tert-OH is 1. The molecule has 0 amide bonds. The SMILES string of the molecule is OCC[C@@H](NCc1ccco1)c1ccccc1. The van der Waals surface area contributed by atoms with Gasteiger partial charge in [0.1, 0.15) is 5.76 Å². The largest absolute Gasteiger partial charge is 0.468 e. The molecule has 3 heteroatoms. The molecule has 0 saturated carbocycles. The fourth-order valence-corrected chi connectivity index (χ4v) is 1.84. The van der Waals surface area contributed by atoms with Crippen molar-refractivity contribution in [3.8, 4) is 0 Å². The zero-order chi connectivity index (χ0) is 11.9. The molecule has 2 N–H and O–H groups in total. The van der Waals surface area contributed by atoms with Gasteiger partial charge < -0.3 is 14.8 Å². The van der Waals surface area contributed by atoms with E-state index in [1.807, 2.05) is 30.3 Å². The standard InChI is InChI=1S/C14H17NO2/c16-9-8-14(12-5-2-1-3-6-12)15-11-13-7-4-10-17-13/h1-7,10,14-16H,8-9,11H2/t14-/m1/s1. The van der Waals surface area contributed by atoms with Crippen LogP contribution < -0.4 is 5.32 Å². The van der Waals surface area contributed by atoms with Gasteiger partial charge in [-0.25, -0.2) is 0 Å². The van der Waals surface area contributed by atoms with E-state index in [2.05, 4.69) is 17.4 Å². The van der Waals surface area contributed by atoms with Crippen molar-refractivity contribution >= 4 is 0 Å². The lowest BCUT2D eigenvalue weighted by molar-refractivity contribution is 0.263. The Labute approximate surface area is 101 Å². The van der Waals surface area contributed by atoms with Crippen molar-refractivity contribution in [1.29, 1.82) is 0 Å². The highest BCUT2D eigenvalue weighted by atomic mass is 16.3. The van der Waals surface area contributed by atoms with Crippen LogP contribution in [0.2, 0.25) is 0 Å². The summed E-state index contributed by atoms with van der Waals surface area (Å²) in [5.74, 6) is 0.906. The molecule has 1 atom stereocenters. The predicted octanol–water partition coefficient (Wildman–Crippen LogP) is 2.49. The molecule has 2 aromatic rings. The van der Waals surface area contributed by atoms with Crippen LogP contribution in [0.1, 0.15) is 23.8 Å². The normalized spacial score (nSPS) is 12.5. The summed E-state index contributed by atoms with van der Waals surface area (Å²) in [7, 11) is 0. The second-order valence-electron chi connectivity index (χ2n) is 3.94. The van der Waals surface area contributed by atoms with E-state index in [-0.39, 0.29) is 12.6 Å². The molecule has 0 bridgehead atoms. The summed E-state index contributed by atoms with van der Waals surface area (Å²) >= 11 is 0. The minimum atomic E-state index is 0.159. The number of hydrogen-bond acceptors (Lipinski definition) is 3. The van der Waals surface area contributed by atoms with E-state index in [1.54, 1.807) is 6.26 Å². The van der Waals surface area contributed by atoms with E-state index >= 15 is 0 Å². The molecule has 1 aromatic heterocycles. The third-order valence-corrected chi connectivity index (χ3v) is 2.72. The molecule has 0 aliphatic heterocycles. The highest BCUT2D eigenvalue weighted by Crippen LogP contribution is 2.16. The minimum absolute atomic E-state index is 0.159. The van der Waals surface area contributed by atoms with Gasteiger partial charge in [-0.05, 0) is 24.1 Å². The fraction of sp³-hybridized carbons (Fsp3) is 0.286. The average molecular weight is 231 g/mol. The van der Waals surface area contributed by atoms with E-state index in [0.717, 1.165) is 5.76 Å². The number of nitrogens with one attached hydrogen (secondary N) is 1. The first-order chi connectivity index (χ1) is 8.40. The summed E-state index contributed by atoms with van der Waals surface area (Å²) in [6.07, 6.45) is 2.37. The maximum atomic E-state index is 9.09. The van der Waals surface area contributed by atoms with Crippen LogP contribution in [0.25, 0.3) is 0 Å². The van der Waals surface area contributed by atoms with Gasteiger partial charge in [-0.2, -0.15) is 0 Å². The van der Waals surface area contributed by atoms with E-state index in [0.29, 0.717) is 13.0 Å². The average Bonchev–Trinajstić information content (AvgIpc) is 2.88. The van der Waals surface area contributed by atoms with Crippen LogP contribution in [0, 0.1) is 0 Å². The molecule has 3 nitrogen and oxygen atoms in total. The molecule has 0 spiro atoms. The molecule has 90 valence electrons. The minimum Gasteiger partial charge on any atom is -0.468 e. The highest BCUT2D eigenvalue weighted by molar-refractivity contribution is 5.19. The highest BCUT2D eigenvalue weighted by Gasteiger charge is 2.10. The Morgan fingerprint density at radius 1 is 1.12 bits per heavy atom. The summed E-state index contributed by atoms with van der Waals surface area (Å²) < 4.78 is 5.27. The molecular formula is C14H17NO2. The Morgan fingerprint density at radius 3 is 2.59 bits per heavy atom. The summed E-state index contributed by atoms with van der Waals surface area (Å²) in [6, 6.07) is 14.1. The van der Waals surface area contributed by atoms with Crippen molar-refractivity contribution in [1.82, 2.24) is 5.32 Å². The van der Waals surface area contributed by atoms with Crippen LogP contribution in [0.4, 0.5) is 0 Å². The van der Waals surface area contributed by atoms with Crippen LogP contribution in [0.5, 0.6) is 0 Å². The van der Waals surface area contributed by atoms with Crippen LogP contribution >= 0.6 is 0 Å². The smallest absolute Gasteiger partial charge is 0.117 e. The summed E-state index contributed by atoms with van der Waals surface area (Å²) in [5, 5.41) is 12.5. The van der Waals surface area contributed by atoms with E-state index < -0.39 is 0 Å². The third-order valence-electron chi connectivity index (χ3n) is 2.72. The Balaban J connectivity index is 1.98. The molecule has 0 unspecified atom stereocenters. The zero-order valence-corrected chi connectivity index (χ0v) is 9.67. The second kappa shape index (κ2) is 6.23. The molecule has 2 rings (SSSR count). The lowest BCUT2D eigenvalue weighted by atomic mass is 10.0. The van der Waals surface area contributed by atoms with E-state index in [1.165, 1.54) is 5.56 Å².